The predicted octanol–water partition coefficient (Wildman–Crippen LogP) is 3.86. The van der Waals surface area contributed by atoms with Gasteiger partial charge in [0.25, 0.3) is 0 Å². The Morgan fingerprint density at radius 1 is 1.22 bits per heavy atom. The smallest absolute Gasteiger partial charge is 0.0904 e. The molecule has 0 unspecified atom stereocenters. The number of hydrogen-bond donors (Lipinski definition) is 1. The van der Waals surface area contributed by atoms with Crippen molar-refractivity contribution >= 4 is 11.3 Å². The largest absolute Gasteiger partial charge is 0.311 e. The van der Waals surface area contributed by atoms with E-state index < -0.39 is 0 Å². The van der Waals surface area contributed by atoms with Crippen LogP contribution in [0.5, 0.6) is 0 Å². The molecule has 0 radical (unpaired) electrons. The molecule has 2 rings (SSSR count). The van der Waals surface area contributed by atoms with Crippen molar-refractivity contribution in [2.75, 3.05) is 6.54 Å². The number of hydrogen-bond acceptors (Lipinski definition) is 3. The van der Waals surface area contributed by atoms with Crippen molar-refractivity contribution in [1.82, 2.24) is 10.3 Å². The summed E-state index contributed by atoms with van der Waals surface area (Å²) in [7, 11) is 0. The van der Waals surface area contributed by atoms with E-state index in [0.717, 1.165) is 18.1 Å². The van der Waals surface area contributed by atoms with Gasteiger partial charge in [0.1, 0.15) is 0 Å². The molecule has 1 aromatic heterocycles. The molecule has 0 saturated heterocycles. The van der Waals surface area contributed by atoms with E-state index in [9.17, 15) is 0 Å². The van der Waals surface area contributed by atoms with Gasteiger partial charge in [-0.25, -0.2) is 4.98 Å². The van der Waals surface area contributed by atoms with Gasteiger partial charge in [0.15, 0.2) is 0 Å². The first-order chi connectivity index (χ1) is 8.66. The zero-order chi connectivity index (χ0) is 13.0. The van der Waals surface area contributed by atoms with Crippen LogP contribution in [0.3, 0.4) is 0 Å². The van der Waals surface area contributed by atoms with E-state index in [1.165, 1.54) is 16.1 Å². The average Bonchev–Trinajstić information content (AvgIpc) is 2.71. The molecule has 96 valence electrons. The molecule has 0 aliphatic carbocycles. The second-order valence-electron chi connectivity index (χ2n) is 4.90. The number of aromatic nitrogens is 1. The third-order valence-electron chi connectivity index (χ3n) is 2.69. The van der Waals surface area contributed by atoms with Crippen molar-refractivity contribution in [3.8, 4) is 10.4 Å². The van der Waals surface area contributed by atoms with Gasteiger partial charge in [-0.05, 0) is 24.9 Å². The standard InChI is InChI=1S/C15H20N2S/c1-11(2)9-16-10-14-15(18-12(3)17-14)13-7-5-4-6-8-13/h4-8,11,16H,9-10H2,1-3H3. The van der Waals surface area contributed by atoms with Crippen molar-refractivity contribution < 1.29 is 0 Å². The van der Waals surface area contributed by atoms with E-state index in [-0.39, 0.29) is 0 Å². The number of benzene rings is 1. The quantitative estimate of drug-likeness (QED) is 0.883. The minimum Gasteiger partial charge on any atom is -0.311 e. The molecule has 2 nitrogen and oxygen atoms in total. The highest BCUT2D eigenvalue weighted by atomic mass is 32.1. The summed E-state index contributed by atoms with van der Waals surface area (Å²) in [5, 5.41) is 4.60. The molecule has 0 amide bonds. The van der Waals surface area contributed by atoms with Crippen LogP contribution in [-0.4, -0.2) is 11.5 Å². The molecule has 18 heavy (non-hydrogen) atoms. The molecule has 1 N–H and O–H groups in total. The van der Waals surface area contributed by atoms with Gasteiger partial charge in [-0.3, -0.25) is 0 Å². The topological polar surface area (TPSA) is 24.9 Å². The number of nitrogens with zero attached hydrogens (tertiary/aromatic N) is 1. The van der Waals surface area contributed by atoms with E-state index >= 15 is 0 Å². The maximum Gasteiger partial charge on any atom is 0.0904 e. The second kappa shape index (κ2) is 6.12. The van der Waals surface area contributed by atoms with E-state index in [2.05, 4.69) is 55.3 Å². The fourth-order valence-electron chi connectivity index (χ4n) is 1.88. The van der Waals surface area contributed by atoms with E-state index in [1.54, 1.807) is 11.3 Å². The molecule has 1 aromatic carbocycles. The van der Waals surface area contributed by atoms with E-state index in [0.29, 0.717) is 5.92 Å². The Hall–Kier alpha value is -1.19. The second-order valence-corrected chi connectivity index (χ2v) is 6.10. The Labute approximate surface area is 113 Å². The van der Waals surface area contributed by atoms with Gasteiger partial charge < -0.3 is 5.32 Å². The van der Waals surface area contributed by atoms with Gasteiger partial charge in [-0.15, -0.1) is 11.3 Å². The summed E-state index contributed by atoms with van der Waals surface area (Å²) in [6.45, 7) is 8.40. The Morgan fingerprint density at radius 3 is 2.61 bits per heavy atom. The maximum atomic E-state index is 4.64. The highest BCUT2D eigenvalue weighted by molar-refractivity contribution is 7.15. The fourth-order valence-corrected chi connectivity index (χ4v) is 2.83. The van der Waals surface area contributed by atoms with Crippen LogP contribution < -0.4 is 5.32 Å². The zero-order valence-corrected chi connectivity index (χ0v) is 12.1. The van der Waals surface area contributed by atoms with Crippen LogP contribution in [-0.2, 0) is 6.54 Å². The highest BCUT2D eigenvalue weighted by Gasteiger charge is 2.10. The SMILES string of the molecule is Cc1nc(CNCC(C)C)c(-c2ccccc2)s1. The van der Waals surface area contributed by atoms with Crippen LogP contribution >= 0.6 is 11.3 Å². The first-order valence-corrected chi connectivity index (χ1v) is 7.21. The summed E-state index contributed by atoms with van der Waals surface area (Å²) in [6.07, 6.45) is 0. The van der Waals surface area contributed by atoms with Gasteiger partial charge in [0, 0.05) is 6.54 Å². The molecule has 0 aliphatic heterocycles. The lowest BCUT2D eigenvalue weighted by atomic mass is 10.1. The van der Waals surface area contributed by atoms with Crippen LogP contribution in [0.2, 0.25) is 0 Å². The lowest BCUT2D eigenvalue weighted by Gasteiger charge is -2.07. The third-order valence-corrected chi connectivity index (χ3v) is 3.75. The normalized spacial score (nSPS) is 11.1. The summed E-state index contributed by atoms with van der Waals surface area (Å²) < 4.78 is 0. The Kier molecular flexibility index (Phi) is 4.50. The average molecular weight is 260 g/mol. The first kappa shape index (κ1) is 13.2. The monoisotopic (exact) mass is 260 g/mol. The molecule has 0 bridgehead atoms. The van der Waals surface area contributed by atoms with E-state index in [1.807, 2.05) is 6.07 Å². The Bertz CT molecular complexity index is 488. The molecule has 0 aliphatic rings. The number of aryl methyl sites for hydroxylation is 1. The van der Waals surface area contributed by atoms with Gasteiger partial charge in [-0.1, -0.05) is 44.2 Å². The summed E-state index contributed by atoms with van der Waals surface area (Å²) >= 11 is 1.78. The van der Waals surface area contributed by atoms with Gasteiger partial charge in [0.2, 0.25) is 0 Å². The number of rotatable bonds is 5. The van der Waals surface area contributed by atoms with Crippen LogP contribution in [0.25, 0.3) is 10.4 Å². The Morgan fingerprint density at radius 2 is 1.94 bits per heavy atom. The molecule has 0 atom stereocenters. The van der Waals surface area contributed by atoms with Crippen molar-refractivity contribution in [2.24, 2.45) is 5.92 Å². The number of nitrogens with one attached hydrogen (secondary N) is 1. The molecule has 0 saturated carbocycles. The first-order valence-electron chi connectivity index (χ1n) is 6.39. The van der Waals surface area contributed by atoms with E-state index in [4.69, 9.17) is 0 Å². The molecule has 2 aromatic rings. The molecule has 1 heterocycles. The van der Waals surface area contributed by atoms with Crippen molar-refractivity contribution in [3.63, 3.8) is 0 Å². The lowest BCUT2D eigenvalue weighted by molar-refractivity contribution is 0.549. The number of thiazole rings is 1. The zero-order valence-electron chi connectivity index (χ0n) is 11.2. The van der Waals surface area contributed by atoms with Crippen molar-refractivity contribution in [2.45, 2.75) is 27.3 Å². The van der Waals surface area contributed by atoms with Gasteiger partial charge in [0.05, 0.1) is 15.6 Å². The summed E-state index contributed by atoms with van der Waals surface area (Å²) in [6, 6.07) is 10.5. The van der Waals surface area contributed by atoms with Crippen LogP contribution in [0.15, 0.2) is 30.3 Å². The molecular weight excluding hydrogens is 240 g/mol. The van der Waals surface area contributed by atoms with Gasteiger partial charge >= 0.3 is 0 Å². The molecule has 0 fully saturated rings. The van der Waals surface area contributed by atoms with Gasteiger partial charge in [-0.2, -0.15) is 0 Å². The van der Waals surface area contributed by atoms with Crippen molar-refractivity contribution in [3.05, 3.63) is 41.0 Å². The van der Waals surface area contributed by atoms with Crippen LogP contribution in [0.4, 0.5) is 0 Å². The minimum atomic E-state index is 0.671. The molecule has 0 spiro atoms. The maximum absolute atomic E-state index is 4.64. The van der Waals surface area contributed by atoms with Crippen molar-refractivity contribution in [1.29, 1.82) is 0 Å². The summed E-state index contributed by atoms with van der Waals surface area (Å²) in [4.78, 5) is 5.94. The highest BCUT2D eigenvalue weighted by Crippen LogP contribution is 2.29. The third kappa shape index (κ3) is 3.40. The van der Waals surface area contributed by atoms with Crippen LogP contribution in [0, 0.1) is 12.8 Å². The predicted molar refractivity (Wildman–Crippen MR) is 78.8 cm³/mol. The molecule has 3 heteroatoms. The summed E-state index contributed by atoms with van der Waals surface area (Å²) in [5.74, 6) is 0.671. The molecular formula is C15H20N2S. The Balaban J connectivity index is 2.16. The van der Waals surface area contributed by atoms with Crippen LogP contribution in [0.1, 0.15) is 24.5 Å². The lowest BCUT2D eigenvalue weighted by Crippen LogP contribution is -2.19. The fraction of sp³-hybridized carbons (Fsp3) is 0.400. The minimum absolute atomic E-state index is 0.671. The summed E-state index contributed by atoms with van der Waals surface area (Å²) in [5.41, 5.74) is 2.44.